The largest absolute Gasteiger partial charge is 0.296 e. The summed E-state index contributed by atoms with van der Waals surface area (Å²) in [6.45, 7) is 6.69. The third-order valence-corrected chi connectivity index (χ3v) is 3.55. The minimum atomic E-state index is -0.0375. The molecule has 0 fully saturated rings. The summed E-state index contributed by atoms with van der Waals surface area (Å²) < 4.78 is 1.78. The normalized spacial score (nSPS) is 11.9. The maximum absolute atomic E-state index is 12.6. The number of rotatable bonds is 7. The van der Waals surface area contributed by atoms with Gasteiger partial charge in [-0.2, -0.15) is 0 Å². The summed E-state index contributed by atoms with van der Waals surface area (Å²) in [6.07, 6.45) is 6.57. The van der Waals surface area contributed by atoms with Crippen molar-refractivity contribution in [3.05, 3.63) is 26.8 Å². The van der Waals surface area contributed by atoms with Crippen molar-refractivity contribution in [1.29, 1.82) is 0 Å². The molecule has 0 aliphatic rings. The third kappa shape index (κ3) is 4.67. The molecule has 112 valence electrons. The summed E-state index contributed by atoms with van der Waals surface area (Å²) in [5.74, 6) is 0.833. The summed E-state index contributed by atoms with van der Waals surface area (Å²) in [4.78, 5) is 17.1. The highest BCUT2D eigenvalue weighted by Gasteiger charge is 2.13. The van der Waals surface area contributed by atoms with Gasteiger partial charge in [-0.25, -0.2) is 4.98 Å². The number of hydrogen-bond donors (Lipinski definition) is 1. The monoisotopic (exact) mass is 314 g/mol. The van der Waals surface area contributed by atoms with Crippen molar-refractivity contribution < 1.29 is 0 Å². The molecule has 0 aromatic carbocycles. The quantitative estimate of drug-likeness (QED) is 0.602. The van der Waals surface area contributed by atoms with Crippen LogP contribution in [0.5, 0.6) is 0 Å². The Kier molecular flexibility index (Phi) is 7.38. The molecule has 1 rings (SSSR count). The molecule has 0 spiro atoms. The standard InChI is InChI=1S/C15H23ClN2OS/c1-4-6-8-13-17-14(20)12(10-11(3)16)15(19)18(13)9-7-5-2/h10,20H,4-9H2,1-3H3/b11-10+. The van der Waals surface area contributed by atoms with Crippen LogP contribution >= 0.6 is 24.2 Å². The van der Waals surface area contributed by atoms with Crippen molar-refractivity contribution in [1.82, 2.24) is 9.55 Å². The summed E-state index contributed by atoms with van der Waals surface area (Å²) in [6, 6.07) is 0. The van der Waals surface area contributed by atoms with Crippen LogP contribution in [0.25, 0.3) is 6.08 Å². The molecule has 0 saturated carbocycles. The Bertz CT molecular complexity index is 533. The van der Waals surface area contributed by atoms with E-state index in [4.69, 9.17) is 11.6 Å². The lowest BCUT2D eigenvalue weighted by Crippen LogP contribution is -2.28. The fraction of sp³-hybridized carbons (Fsp3) is 0.600. The fourth-order valence-corrected chi connectivity index (χ4v) is 2.38. The number of unbranched alkanes of at least 4 members (excludes halogenated alkanes) is 2. The van der Waals surface area contributed by atoms with Gasteiger partial charge < -0.3 is 0 Å². The zero-order chi connectivity index (χ0) is 15.1. The molecule has 1 heterocycles. The molecule has 0 N–H and O–H groups in total. The first kappa shape index (κ1) is 17.3. The van der Waals surface area contributed by atoms with Gasteiger partial charge in [0.2, 0.25) is 0 Å². The van der Waals surface area contributed by atoms with Gasteiger partial charge in [-0.15, -0.1) is 12.6 Å². The van der Waals surface area contributed by atoms with E-state index in [0.717, 1.165) is 37.9 Å². The predicted molar refractivity (Wildman–Crippen MR) is 88.8 cm³/mol. The Morgan fingerprint density at radius 2 is 2.00 bits per heavy atom. The Labute approximate surface area is 131 Å². The molecular formula is C15H23ClN2OS. The van der Waals surface area contributed by atoms with Gasteiger partial charge in [0.1, 0.15) is 10.9 Å². The zero-order valence-electron chi connectivity index (χ0n) is 12.4. The second-order valence-electron chi connectivity index (χ2n) is 4.91. The highest BCUT2D eigenvalue weighted by molar-refractivity contribution is 7.80. The van der Waals surface area contributed by atoms with Gasteiger partial charge >= 0.3 is 0 Å². The van der Waals surface area contributed by atoms with Gasteiger partial charge in [-0.05, 0) is 25.8 Å². The number of allylic oxidation sites excluding steroid dienone is 1. The summed E-state index contributed by atoms with van der Waals surface area (Å²) in [5, 5.41) is 1.02. The van der Waals surface area contributed by atoms with E-state index in [9.17, 15) is 4.79 Å². The van der Waals surface area contributed by atoms with Crippen LogP contribution < -0.4 is 5.56 Å². The first-order valence-corrected chi connectivity index (χ1v) is 8.00. The van der Waals surface area contributed by atoms with E-state index < -0.39 is 0 Å². The molecule has 5 heteroatoms. The van der Waals surface area contributed by atoms with E-state index in [1.807, 2.05) is 0 Å². The van der Waals surface area contributed by atoms with E-state index in [0.29, 0.717) is 22.2 Å². The second kappa shape index (κ2) is 8.53. The number of aryl methyl sites for hydroxylation is 1. The van der Waals surface area contributed by atoms with Crippen molar-refractivity contribution in [3.8, 4) is 0 Å². The van der Waals surface area contributed by atoms with Gasteiger partial charge in [0, 0.05) is 18.0 Å². The maximum atomic E-state index is 12.6. The molecule has 0 atom stereocenters. The average Bonchev–Trinajstić information content (AvgIpc) is 2.40. The van der Waals surface area contributed by atoms with Crippen LogP contribution in [-0.4, -0.2) is 9.55 Å². The van der Waals surface area contributed by atoms with Gasteiger partial charge in [-0.3, -0.25) is 9.36 Å². The van der Waals surface area contributed by atoms with Crippen molar-refractivity contribution in [2.75, 3.05) is 0 Å². The maximum Gasteiger partial charge on any atom is 0.261 e. The smallest absolute Gasteiger partial charge is 0.261 e. The zero-order valence-corrected chi connectivity index (χ0v) is 14.1. The van der Waals surface area contributed by atoms with E-state index in [-0.39, 0.29) is 5.56 Å². The lowest BCUT2D eigenvalue weighted by Gasteiger charge is -2.14. The van der Waals surface area contributed by atoms with Gasteiger partial charge in [0.25, 0.3) is 5.56 Å². The SMILES string of the molecule is CCCCc1nc(S)c(/C=C(\C)Cl)c(=O)n1CCCC. The predicted octanol–water partition coefficient (Wildman–Crippen LogP) is 4.27. The molecule has 0 amide bonds. The van der Waals surface area contributed by atoms with Gasteiger partial charge in [-0.1, -0.05) is 38.3 Å². The number of hydrogen-bond acceptors (Lipinski definition) is 3. The molecule has 0 bridgehead atoms. The van der Waals surface area contributed by atoms with Crippen LogP contribution in [0.2, 0.25) is 0 Å². The Morgan fingerprint density at radius 3 is 2.55 bits per heavy atom. The molecule has 1 aromatic heterocycles. The van der Waals surface area contributed by atoms with Crippen molar-refractivity contribution in [3.63, 3.8) is 0 Å². The van der Waals surface area contributed by atoms with Crippen LogP contribution in [-0.2, 0) is 13.0 Å². The van der Waals surface area contributed by atoms with E-state index in [1.165, 1.54) is 0 Å². The van der Waals surface area contributed by atoms with E-state index >= 15 is 0 Å². The Hall–Kier alpha value is -0.740. The van der Waals surface area contributed by atoms with Crippen LogP contribution in [0.3, 0.4) is 0 Å². The van der Waals surface area contributed by atoms with Crippen LogP contribution in [0.4, 0.5) is 0 Å². The third-order valence-electron chi connectivity index (χ3n) is 3.10. The van der Waals surface area contributed by atoms with Crippen LogP contribution in [0, 0.1) is 0 Å². The molecule has 0 aliphatic heterocycles. The second-order valence-corrected chi connectivity index (χ2v) is 5.93. The number of thiol groups is 1. The molecule has 20 heavy (non-hydrogen) atoms. The minimum Gasteiger partial charge on any atom is -0.296 e. The first-order chi connectivity index (χ1) is 9.51. The number of aromatic nitrogens is 2. The van der Waals surface area contributed by atoms with E-state index in [2.05, 4.69) is 31.5 Å². The van der Waals surface area contributed by atoms with Gasteiger partial charge in [0.15, 0.2) is 0 Å². The molecule has 0 aliphatic carbocycles. The molecule has 3 nitrogen and oxygen atoms in total. The van der Waals surface area contributed by atoms with Crippen LogP contribution in [0.1, 0.15) is 57.8 Å². The molecule has 1 aromatic rings. The Morgan fingerprint density at radius 1 is 1.35 bits per heavy atom. The number of nitrogens with zero attached hydrogens (tertiary/aromatic N) is 2. The Balaban J connectivity index is 3.32. The summed E-state index contributed by atoms with van der Waals surface area (Å²) in [5.41, 5.74) is 0.446. The first-order valence-electron chi connectivity index (χ1n) is 7.17. The van der Waals surface area contributed by atoms with Gasteiger partial charge in [0.05, 0.1) is 5.56 Å². The van der Waals surface area contributed by atoms with Crippen molar-refractivity contribution >= 4 is 30.3 Å². The number of halogens is 1. The van der Waals surface area contributed by atoms with E-state index in [1.54, 1.807) is 17.6 Å². The lowest BCUT2D eigenvalue weighted by molar-refractivity contribution is 0.551. The highest BCUT2D eigenvalue weighted by Crippen LogP contribution is 2.15. The molecule has 0 unspecified atom stereocenters. The van der Waals surface area contributed by atoms with Crippen molar-refractivity contribution in [2.45, 2.75) is 64.4 Å². The fourth-order valence-electron chi connectivity index (χ4n) is 2.00. The summed E-state index contributed by atoms with van der Waals surface area (Å²) >= 11 is 10.2. The van der Waals surface area contributed by atoms with Crippen LogP contribution in [0.15, 0.2) is 14.9 Å². The minimum absolute atomic E-state index is 0.0375. The summed E-state index contributed by atoms with van der Waals surface area (Å²) in [7, 11) is 0. The molecule has 0 saturated heterocycles. The topological polar surface area (TPSA) is 34.9 Å². The van der Waals surface area contributed by atoms with Crippen molar-refractivity contribution in [2.24, 2.45) is 0 Å². The average molecular weight is 315 g/mol. The lowest BCUT2D eigenvalue weighted by atomic mass is 10.2. The highest BCUT2D eigenvalue weighted by atomic mass is 35.5. The molecular weight excluding hydrogens is 292 g/mol. The molecule has 0 radical (unpaired) electrons.